The number of hydrogen-bond acceptors (Lipinski definition) is 5. The van der Waals surface area contributed by atoms with Crippen molar-refractivity contribution in [1.29, 1.82) is 0 Å². The van der Waals surface area contributed by atoms with E-state index in [4.69, 9.17) is 21.1 Å². The standard InChI is InChI=1S/C13H21ClN2O4S/c1-15-10-11-9-12(3-4-13(11)14)21(17,18)16-5-6-20-8-7-19-2/h3-4,9,15-16H,5-8,10H2,1-2H3. The van der Waals surface area contributed by atoms with Crippen LogP contribution in [-0.2, 0) is 26.0 Å². The monoisotopic (exact) mass is 336 g/mol. The van der Waals surface area contributed by atoms with E-state index in [0.29, 0.717) is 31.4 Å². The Labute approximate surface area is 130 Å². The third-order valence-electron chi connectivity index (χ3n) is 2.66. The van der Waals surface area contributed by atoms with Gasteiger partial charge in [-0.25, -0.2) is 13.1 Å². The topological polar surface area (TPSA) is 76.7 Å². The third kappa shape index (κ3) is 6.29. The molecule has 0 radical (unpaired) electrons. The number of halogens is 1. The number of hydrogen-bond donors (Lipinski definition) is 2. The molecule has 2 N–H and O–H groups in total. The Morgan fingerprint density at radius 3 is 2.67 bits per heavy atom. The number of methoxy groups -OCH3 is 1. The molecule has 1 aromatic rings. The number of ether oxygens (including phenoxy) is 2. The zero-order chi connectivity index (χ0) is 15.7. The highest BCUT2D eigenvalue weighted by Gasteiger charge is 2.15. The highest BCUT2D eigenvalue weighted by molar-refractivity contribution is 7.89. The first kappa shape index (κ1) is 18.3. The second-order valence-corrected chi connectivity index (χ2v) is 6.46. The first-order chi connectivity index (χ1) is 10.0. The van der Waals surface area contributed by atoms with Gasteiger partial charge in [0.05, 0.1) is 24.7 Å². The van der Waals surface area contributed by atoms with Gasteiger partial charge < -0.3 is 14.8 Å². The van der Waals surface area contributed by atoms with Gasteiger partial charge in [0.15, 0.2) is 0 Å². The Bertz CT molecular complexity index is 537. The third-order valence-corrected chi connectivity index (χ3v) is 4.49. The maximum absolute atomic E-state index is 12.1. The van der Waals surface area contributed by atoms with Crippen molar-refractivity contribution in [3.63, 3.8) is 0 Å². The van der Waals surface area contributed by atoms with Crippen molar-refractivity contribution in [2.24, 2.45) is 0 Å². The lowest BCUT2D eigenvalue weighted by Gasteiger charge is -2.10. The smallest absolute Gasteiger partial charge is 0.240 e. The normalized spacial score (nSPS) is 11.8. The summed E-state index contributed by atoms with van der Waals surface area (Å²) in [7, 11) is -0.209. The van der Waals surface area contributed by atoms with Crippen LogP contribution in [0.3, 0.4) is 0 Å². The summed E-state index contributed by atoms with van der Waals surface area (Å²) < 4.78 is 36.8. The number of rotatable bonds is 10. The van der Waals surface area contributed by atoms with Crippen molar-refractivity contribution < 1.29 is 17.9 Å². The molecule has 0 heterocycles. The van der Waals surface area contributed by atoms with Crippen LogP contribution in [0.15, 0.2) is 23.1 Å². The quantitative estimate of drug-likeness (QED) is 0.623. The van der Waals surface area contributed by atoms with Gasteiger partial charge in [0.2, 0.25) is 10.0 Å². The van der Waals surface area contributed by atoms with E-state index in [1.807, 2.05) is 0 Å². The molecular formula is C13H21ClN2O4S. The second kappa shape index (κ2) is 9.34. The van der Waals surface area contributed by atoms with Gasteiger partial charge in [-0.1, -0.05) is 11.6 Å². The molecule has 0 fully saturated rings. The fourth-order valence-corrected chi connectivity index (χ4v) is 2.87. The number of sulfonamides is 1. The van der Waals surface area contributed by atoms with Crippen LogP contribution in [-0.4, -0.2) is 48.9 Å². The largest absolute Gasteiger partial charge is 0.382 e. The maximum atomic E-state index is 12.1. The lowest BCUT2D eigenvalue weighted by atomic mass is 10.2. The van der Waals surface area contributed by atoms with Crippen LogP contribution in [0.1, 0.15) is 5.56 Å². The molecule has 0 spiro atoms. The van der Waals surface area contributed by atoms with Gasteiger partial charge in [-0.05, 0) is 30.8 Å². The molecule has 6 nitrogen and oxygen atoms in total. The molecule has 0 atom stereocenters. The predicted octanol–water partition coefficient (Wildman–Crippen LogP) is 1.00. The van der Waals surface area contributed by atoms with E-state index in [1.54, 1.807) is 26.3 Å². The minimum Gasteiger partial charge on any atom is -0.382 e. The van der Waals surface area contributed by atoms with Crippen LogP contribution in [0.5, 0.6) is 0 Å². The number of benzene rings is 1. The summed E-state index contributed by atoms with van der Waals surface area (Å²) in [6, 6.07) is 4.63. The Morgan fingerprint density at radius 2 is 2.00 bits per heavy atom. The summed E-state index contributed by atoms with van der Waals surface area (Å²) in [5.74, 6) is 0. The molecule has 120 valence electrons. The molecular weight excluding hydrogens is 316 g/mol. The summed E-state index contributed by atoms with van der Waals surface area (Å²) in [6.45, 7) is 1.92. The fourth-order valence-electron chi connectivity index (χ4n) is 1.62. The van der Waals surface area contributed by atoms with Crippen LogP contribution in [0.4, 0.5) is 0 Å². The van der Waals surface area contributed by atoms with Gasteiger partial charge >= 0.3 is 0 Å². The van der Waals surface area contributed by atoms with Crippen molar-refractivity contribution in [2.75, 3.05) is 40.5 Å². The van der Waals surface area contributed by atoms with Gasteiger partial charge in [-0.15, -0.1) is 0 Å². The highest BCUT2D eigenvalue weighted by Crippen LogP contribution is 2.20. The summed E-state index contributed by atoms with van der Waals surface area (Å²) in [5.41, 5.74) is 0.735. The Kier molecular flexibility index (Phi) is 8.16. The Hall–Kier alpha value is -0.700. The Morgan fingerprint density at radius 1 is 1.24 bits per heavy atom. The molecule has 0 aliphatic rings. The molecule has 0 saturated heterocycles. The van der Waals surface area contributed by atoms with Gasteiger partial charge in [0, 0.05) is 25.2 Å². The molecule has 1 rings (SSSR count). The lowest BCUT2D eigenvalue weighted by Crippen LogP contribution is -2.28. The van der Waals surface area contributed by atoms with E-state index in [9.17, 15) is 8.42 Å². The molecule has 0 bridgehead atoms. The van der Waals surface area contributed by atoms with Gasteiger partial charge in [0.25, 0.3) is 0 Å². The summed E-state index contributed by atoms with van der Waals surface area (Å²) in [5, 5.41) is 3.48. The van der Waals surface area contributed by atoms with Gasteiger partial charge in [-0.2, -0.15) is 0 Å². The van der Waals surface area contributed by atoms with Crippen LogP contribution in [0.25, 0.3) is 0 Å². The molecule has 0 aliphatic carbocycles. The first-order valence-corrected chi connectivity index (χ1v) is 8.36. The maximum Gasteiger partial charge on any atom is 0.240 e. The number of nitrogens with one attached hydrogen (secondary N) is 2. The molecule has 8 heteroatoms. The molecule has 0 amide bonds. The van der Waals surface area contributed by atoms with Crippen molar-refractivity contribution in [1.82, 2.24) is 10.0 Å². The molecule has 0 unspecified atom stereocenters. The minimum atomic E-state index is -3.56. The van der Waals surface area contributed by atoms with Crippen molar-refractivity contribution in [3.8, 4) is 0 Å². The average Bonchev–Trinajstić information content (AvgIpc) is 2.45. The van der Waals surface area contributed by atoms with E-state index >= 15 is 0 Å². The van der Waals surface area contributed by atoms with Crippen LogP contribution in [0, 0.1) is 0 Å². The summed E-state index contributed by atoms with van der Waals surface area (Å²) >= 11 is 6.01. The van der Waals surface area contributed by atoms with Crippen LogP contribution >= 0.6 is 11.6 Å². The molecule has 1 aromatic carbocycles. The first-order valence-electron chi connectivity index (χ1n) is 6.50. The van der Waals surface area contributed by atoms with E-state index < -0.39 is 10.0 Å². The van der Waals surface area contributed by atoms with Crippen molar-refractivity contribution >= 4 is 21.6 Å². The molecule has 21 heavy (non-hydrogen) atoms. The van der Waals surface area contributed by atoms with E-state index in [2.05, 4.69) is 10.0 Å². The van der Waals surface area contributed by atoms with E-state index in [0.717, 1.165) is 5.56 Å². The van der Waals surface area contributed by atoms with Crippen LogP contribution < -0.4 is 10.0 Å². The van der Waals surface area contributed by atoms with Crippen molar-refractivity contribution in [2.45, 2.75) is 11.4 Å². The zero-order valence-corrected chi connectivity index (χ0v) is 13.8. The average molecular weight is 337 g/mol. The van der Waals surface area contributed by atoms with E-state index in [-0.39, 0.29) is 11.4 Å². The summed E-state index contributed by atoms with van der Waals surface area (Å²) in [6.07, 6.45) is 0. The molecule has 0 saturated carbocycles. The van der Waals surface area contributed by atoms with E-state index in [1.165, 1.54) is 6.07 Å². The van der Waals surface area contributed by atoms with Gasteiger partial charge in [0.1, 0.15) is 0 Å². The highest BCUT2D eigenvalue weighted by atomic mass is 35.5. The van der Waals surface area contributed by atoms with Crippen LogP contribution in [0.2, 0.25) is 5.02 Å². The molecule has 0 aliphatic heterocycles. The minimum absolute atomic E-state index is 0.189. The fraction of sp³-hybridized carbons (Fsp3) is 0.538. The lowest BCUT2D eigenvalue weighted by molar-refractivity contribution is 0.0736. The summed E-state index contributed by atoms with van der Waals surface area (Å²) in [4.78, 5) is 0.189. The molecule has 0 aromatic heterocycles. The Balaban J connectivity index is 2.59. The second-order valence-electron chi connectivity index (χ2n) is 4.29. The van der Waals surface area contributed by atoms with Gasteiger partial charge in [-0.3, -0.25) is 0 Å². The zero-order valence-electron chi connectivity index (χ0n) is 12.2. The van der Waals surface area contributed by atoms with Crippen molar-refractivity contribution in [3.05, 3.63) is 28.8 Å². The predicted molar refractivity (Wildman–Crippen MR) is 82.1 cm³/mol. The SMILES string of the molecule is CNCc1cc(S(=O)(=O)NCCOCCOC)ccc1Cl.